The summed E-state index contributed by atoms with van der Waals surface area (Å²) >= 11 is 0. The van der Waals surface area contributed by atoms with Crippen molar-refractivity contribution in [1.82, 2.24) is 14.7 Å². The van der Waals surface area contributed by atoms with Crippen LogP contribution in [0.25, 0.3) is 16.6 Å². The van der Waals surface area contributed by atoms with Gasteiger partial charge in [0.25, 0.3) is 0 Å². The number of hydrogen-bond acceptors (Lipinski definition) is 5. The Hall–Kier alpha value is -1.81. The molecule has 4 aliphatic rings. The largest absolute Gasteiger partial charge is 0.552 e. The fraction of sp³-hybridized carbons (Fsp3) is 0.474. The van der Waals surface area contributed by atoms with Crippen molar-refractivity contribution in [3.63, 3.8) is 0 Å². The van der Waals surface area contributed by atoms with Gasteiger partial charge in [0.05, 0.1) is 6.20 Å². The second-order valence-electron chi connectivity index (χ2n) is 8.38. The Morgan fingerprint density at radius 1 is 1.50 bits per heavy atom. The molecule has 1 atom stereocenters. The van der Waals surface area contributed by atoms with Crippen LogP contribution in [0.1, 0.15) is 31.2 Å². The van der Waals surface area contributed by atoms with Crippen LogP contribution in [0.15, 0.2) is 24.4 Å². The zero-order valence-corrected chi connectivity index (χ0v) is 16.7. The van der Waals surface area contributed by atoms with Crippen molar-refractivity contribution in [3.05, 3.63) is 30.0 Å². The maximum atomic E-state index is 12.8. The molecular formula is C19H24BN3O4S. The average molecular weight is 401 g/mol. The summed E-state index contributed by atoms with van der Waals surface area (Å²) in [6.45, 7) is 0.591. The van der Waals surface area contributed by atoms with E-state index >= 15 is 0 Å². The predicted molar refractivity (Wildman–Crippen MR) is 111 cm³/mol. The van der Waals surface area contributed by atoms with E-state index in [9.17, 15) is 9.23 Å². The van der Waals surface area contributed by atoms with Crippen LogP contribution in [0.5, 0.6) is 5.75 Å². The Balaban J connectivity index is 1.38. The number of pyridine rings is 1. The van der Waals surface area contributed by atoms with Gasteiger partial charge >= 0.3 is 7.12 Å². The van der Waals surface area contributed by atoms with Crippen molar-refractivity contribution in [2.24, 2.45) is 5.41 Å². The fourth-order valence-electron chi connectivity index (χ4n) is 5.25. The molecule has 9 heteroatoms. The van der Waals surface area contributed by atoms with Crippen LogP contribution in [0.4, 0.5) is 0 Å². The van der Waals surface area contributed by atoms with Gasteiger partial charge in [0.15, 0.2) is 0 Å². The van der Waals surface area contributed by atoms with Crippen molar-refractivity contribution < 1.29 is 18.6 Å². The summed E-state index contributed by atoms with van der Waals surface area (Å²) < 4.78 is 26.8. The molecule has 0 saturated heterocycles. The quantitative estimate of drug-likeness (QED) is 0.372. The lowest BCUT2D eigenvalue weighted by Crippen LogP contribution is -2.75. The lowest BCUT2D eigenvalue weighted by atomic mass is 9.36. The molecule has 0 aromatic carbocycles. The van der Waals surface area contributed by atoms with E-state index in [0.29, 0.717) is 18.1 Å². The van der Waals surface area contributed by atoms with E-state index in [-0.39, 0.29) is 11.0 Å². The normalized spacial score (nSPS) is 29.9. The molecule has 0 amide bonds. The van der Waals surface area contributed by atoms with Crippen LogP contribution in [-0.4, -0.2) is 57.2 Å². The summed E-state index contributed by atoms with van der Waals surface area (Å²) in [7, 11) is -1.65. The molecule has 2 aromatic rings. The minimum absolute atomic E-state index is 0.0138. The van der Waals surface area contributed by atoms with Gasteiger partial charge in [0.2, 0.25) is 0 Å². The molecule has 148 valence electrons. The van der Waals surface area contributed by atoms with Gasteiger partial charge in [0.1, 0.15) is 11.4 Å². The summed E-state index contributed by atoms with van der Waals surface area (Å²) in [6.07, 6.45) is 6.94. The topological polar surface area (TPSA) is 96.5 Å². The summed E-state index contributed by atoms with van der Waals surface area (Å²) in [4.78, 5) is 7.51. The standard InChI is InChI=1S/C19H24BN3O4S/c1-26-6-3-7-28(2,25)23-19-10-18(11-19,12-19)14-8-20(24)27-15-9-22-17-13(16(14)15)4-5-21-17/h4-5,8-9,24H,2-3,6-7,10-12H2,1H3,(H,21,22)(H,23,25). The molecule has 3 N–H and O–H groups in total. The summed E-state index contributed by atoms with van der Waals surface area (Å²) in [6, 6.07) is 1.99. The minimum Gasteiger partial charge on any atom is -0.531 e. The fourth-order valence-corrected chi connectivity index (χ4v) is 6.94. The highest BCUT2D eigenvalue weighted by atomic mass is 32.2. The van der Waals surface area contributed by atoms with Gasteiger partial charge in [-0.3, -0.25) is 4.21 Å². The Labute approximate surface area is 164 Å². The van der Waals surface area contributed by atoms with E-state index in [4.69, 9.17) is 9.39 Å². The maximum absolute atomic E-state index is 12.8. The molecule has 0 radical (unpaired) electrons. The highest BCUT2D eigenvalue weighted by Crippen LogP contribution is 2.73. The summed E-state index contributed by atoms with van der Waals surface area (Å²) in [5.41, 5.74) is 2.82. The molecule has 28 heavy (non-hydrogen) atoms. The van der Waals surface area contributed by atoms with Crippen LogP contribution in [-0.2, 0) is 14.4 Å². The van der Waals surface area contributed by atoms with Gasteiger partial charge < -0.3 is 19.4 Å². The van der Waals surface area contributed by atoms with Crippen molar-refractivity contribution in [2.75, 3.05) is 19.5 Å². The highest BCUT2D eigenvalue weighted by Gasteiger charge is 2.70. The number of H-pyrrole nitrogens is 1. The van der Waals surface area contributed by atoms with Crippen molar-refractivity contribution in [3.8, 4) is 5.75 Å². The number of allylic oxidation sites excluding steroid dienone is 1. The Morgan fingerprint density at radius 2 is 2.29 bits per heavy atom. The predicted octanol–water partition coefficient (Wildman–Crippen LogP) is 1.54. The molecule has 2 aromatic heterocycles. The van der Waals surface area contributed by atoms with Gasteiger partial charge in [-0.1, -0.05) is 0 Å². The third-order valence-electron chi connectivity index (χ3n) is 6.20. The zero-order valence-electron chi connectivity index (χ0n) is 15.9. The van der Waals surface area contributed by atoms with Crippen LogP contribution in [0.2, 0.25) is 0 Å². The van der Waals surface area contributed by atoms with E-state index < -0.39 is 16.8 Å². The molecule has 7 nitrogen and oxygen atoms in total. The van der Waals surface area contributed by atoms with Crippen LogP contribution >= 0.6 is 0 Å². The van der Waals surface area contributed by atoms with E-state index in [1.54, 1.807) is 13.3 Å². The Morgan fingerprint density at radius 3 is 3.04 bits per heavy atom. The van der Waals surface area contributed by atoms with Gasteiger partial charge in [-0.05, 0) is 49.2 Å². The van der Waals surface area contributed by atoms with Gasteiger partial charge in [-0.25, -0.2) is 9.71 Å². The Bertz CT molecular complexity index is 1060. The van der Waals surface area contributed by atoms with Crippen molar-refractivity contribution >= 4 is 39.3 Å². The van der Waals surface area contributed by atoms with Crippen LogP contribution in [0, 0.1) is 5.41 Å². The molecule has 1 aliphatic heterocycles. The van der Waals surface area contributed by atoms with Gasteiger partial charge in [0, 0.05) is 57.3 Å². The lowest BCUT2D eigenvalue weighted by Gasteiger charge is -2.72. The van der Waals surface area contributed by atoms with E-state index in [2.05, 4.69) is 20.6 Å². The maximum Gasteiger partial charge on any atom is 0.552 e. The average Bonchev–Trinajstić information content (AvgIpc) is 3.04. The number of aromatic nitrogens is 2. The van der Waals surface area contributed by atoms with E-state index in [1.165, 1.54) is 0 Å². The summed E-state index contributed by atoms with van der Waals surface area (Å²) in [5.74, 6) is 6.87. The first-order valence-corrected chi connectivity index (χ1v) is 11.4. The van der Waals surface area contributed by atoms with Crippen molar-refractivity contribution in [1.29, 1.82) is 0 Å². The monoisotopic (exact) mass is 401 g/mol. The Kier molecular flexibility index (Phi) is 3.97. The van der Waals surface area contributed by atoms with E-state index in [0.717, 1.165) is 47.9 Å². The first kappa shape index (κ1) is 18.2. The number of aromatic amines is 1. The molecule has 6 rings (SSSR count). The molecule has 1 unspecified atom stereocenters. The molecule has 3 aliphatic carbocycles. The lowest BCUT2D eigenvalue weighted by molar-refractivity contribution is -0.0918. The van der Waals surface area contributed by atoms with Crippen LogP contribution < -0.4 is 9.38 Å². The first-order chi connectivity index (χ1) is 13.4. The number of rotatable bonds is 7. The molecule has 3 fully saturated rings. The highest BCUT2D eigenvalue weighted by molar-refractivity contribution is 7.98. The second-order valence-corrected chi connectivity index (χ2v) is 10.6. The zero-order chi connectivity index (χ0) is 19.6. The molecule has 3 heterocycles. The molecule has 2 bridgehead atoms. The number of nitrogens with zero attached hydrogens (tertiary/aromatic N) is 1. The summed E-state index contributed by atoms with van der Waals surface area (Å²) in [5, 5.41) is 11.2. The molecule has 3 saturated carbocycles. The smallest absolute Gasteiger partial charge is 0.531 e. The third-order valence-corrected chi connectivity index (χ3v) is 7.96. The van der Waals surface area contributed by atoms with E-state index in [1.807, 2.05) is 18.2 Å². The minimum atomic E-state index is -2.33. The second kappa shape index (κ2) is 6.09. The molecule has 0 spiro atoms. The number of nitrogens with one attached hydrogen (secondary N) is 2. The number of fused-ring (bicyclic) bond motifs is 3. The number of methoxy groups -OCH3 is 1. The number of hydrogen-bond donors (Lipinski definition) is 3. The van der Waals surface area contributed by atoms with Gasteiger partial charge in [-0.15, -0.1) is 0 Å². The first-order valence-electron chi connectivity index (χ1n) is 9.52. The van der Waals surface area contributed by atoms with Crippen LogP contribution in [0.3, 0.4) is 0 Å². The molecular weight excluding hydrogens is 377 g/mol. The number of ether oxygens (including phenoxy) is 1. The van der Waals surface area contributed by atoms with Gasteiger partial charge in [-0.2, -0.15) is 0 Å². The van der Waals surface area contributed by atoms with Crippen molar-refractivity contribution in [2.45, 2.75) is 31.2 Å². The third kappa shape index (κ3) is 2.72. The SMILES string of the molecule is C=S(=O)(CCCOC)NC12CC(C3=CB(O)Oc4cnc5[nH]ccc5c43)(C1)C2.